The molecule has 0 aromatic heterocycles. The number of benzene rings is 1. The van der Waals surface area contributed by atoms with Crippen LogP contribution in [0.1, 0.15) is 18.9 Å². The number of amides is 1. The predicted molar refractivity (Wildman–Crippen MR) is 75.8 cm³/mol. The lowest BCUT2D eigenvalue weighted by atomic mass is 10.1. The second-order valence-corrected chi connectivity index (χ2v) is 4.89. The molecule has 0 saturated carbocycles. The van der Waals surface area contributed by atoms with Crippen LogP contribution in [-0.2, 0) is 20.8 Å². The van der Waals surface area contributed by atoms with Crippen molar-refractivity contribution < 1.29 is 24.6 Å². The van der Waals surface area contributed by atoms with Crippen molar-refractivity contribution in [1.82, 2.24) is 4.90 Å². The molecule has 0 aliphatic rings. The van der Waals surface area contributed by atoms with Crippen LogP contribution in [0, 0.1) is 5.92 Å². The molecule has 0 radical (unpaired) electrons. The molecule has 1 amide bonds. The van der Waals surface area contributed by atoms with Gasteiger partial charge in [0.2, 0.25) is 5.91 Å². The van der Waals surface area contributed by atoms with Crippen LogP contribution in [0.25, 0.3) is 0 Å². The first-order valence-electron chi connectivity index (χ1n) is 6.66. The van der Waals surface area contributed by atoms with Crippen LogP contribution in [0.4, 0.5) is 0 Å². The molecule has 0 saturated heterocycles. The Bertz CT molecular complexity index is 500. The summed E-state index contributed by atoms with van der Waals surface area (Å²) in [5.41, 5.74) is 0.811. The van der Waals surface area contributed by atoms with E-state index in [0.29, 0.717) is 0 Å². The summed E-state index contributed by atoms with van der Waals surface area (Å²) in [5.74, 6) is -3.03. The fourth-order valence-corrected chi connectivity index (χ4v) is 1.84. The summed E-state index contributed by atoms with van der Waals surface area (Å²) in [6.45, 7) is 1.51. The van der Waals surface area contributed by atoms with Crippen LogP contribution in [-0.4, -0.2) is 46.0 Å². The Morgan fingerprint density at radius 1 is 1.14 bits per heavy atom. The molecule has 0 aliphatic heterocycles. The number of hydrogen-bond donors (Lipinski definition) is 2. The summed E-state index contributed by atoms with van der Waals surface area (Å²) >= 11 is 0. The highest BCUT2D eigenvalue weighted by molar-refractivity contribution is 5.80. The molecule has 0 fully saturated rings. The van der Waals surface area contributed by atoms with Gasteiger partial charge in [-0.2, -0.15) is 0 Å². The van der Waals surface area contributed by atoms with E-state index in [2.05, 4.69) is 0 Å². The van der Waals surface area contributed by atoms with Gasteiger partial charge in [0.1, 0.15) is 0 Å². The fraction of sp³-hybridized carbons (Fsp3) is 0.400. The van der Waals surface area contributed by atoms with Gasteiger partial charge in [0.15, 0.2) is 0 Å². The van der Waals surface area contributed by atoms with Crippen LogP contribution >= 0.6 is 0 Å². The number of hydrogen-bond acceptors (Lipinski definition) is 3. The smallest absolute Gasteiger partial charge is 0.308 e. The van der Waals surface area contributed by atoms with Crippen LogP contribution in [0.5, 0.6) is 0 Å². The van der Waals surface area contributed by atoms with Gasteiger partial charge in [-0.1, -0.05) is 37.3 Å². The predicted octanol–water partition coefficient (Wildman–Crippen LogP) is 1.25. The molecule has 1 rings (SSSR count). The first-order chi connectivity index (χ1) is 9.90. The minimum Gasteiger partial charge on any atom is -0.481 e. The van der Waals surface area contributed by atoms with Crippen molar-refractivity contribution in [2.45, 2.75) is 19.8 Å². The monoisotopic (exact) mass is 293 g/mol. The van der Waals surface area contributed by atoms with Crippen LogP contribution in [0.15, 0.2) is 30.3 Å². The highest BCUT2D eigenvalue weighted by Crippen LogP contribution is 2.07. The number of nitrogens with zero attached hydrogens (tertiary/aromatic N) is 1. The lowest BCUT2D eigenvalue weighted by Crippen LogP contribution is -2.39. The lowest BCUT2D eigenvalue weighted by molar-refractivity contribution is -0.143. The lowest BCUT2D eigenvalue weighted by Gasteiger charge is -2.24. The maximum atomic E-state index is 12.2. The molecule has 0 bridgehead atoms. The van der Waals surface area contributed by atoms with Crippen molar-refractivity contribution in [3.63, 3.8) is 0 Å². The fourth-order valence-electron chi connectivity index (χ4n) is 1.84. The first-order valence-corrected chi connectivity index (χ1v) is 6.66. The van der Waals surface area contributed by atoms with Crippen LogP contribution < -0.4 is 0 Å². The Balaban J connectivity index is 2.71. The Hall–Kier alpha value is -2.37. The number of rotatable bonds is 8. The van der Waals surface area contributed by atoms with E-state index in [1.807, 2.05) is 18.2 Å². The van der Waals surface area contributed by atoms with E-state index < -0.39 is 17.9 Å². The number of aliphatic carboxylic acids is 2. The van der Waals surface area contributed by atoms with Gasteiger partial charge < -0.3 is 15.1 Å². The zero-order valence-corrected chi connectivity index (χ0v) is 11.9. The Kier molecular flexibility index (Phi) is 6.39. The van der Waals surface area contributed by atoms with E-state index in [1.165, 1.54) is 11.8 Å². The maximum Gasteiger partial charge on any atom is 0.308 e. The van der Waals surface area contributed by atoms with Gasteiger partial charge in [-0.05, 0) is 5.56 Å². The quantitative estimate of drug-likeness (QED) is 0.752. The van der Waals surface area contributed by atoms with E-state index in [4.69, 9.17) is 10.2 Å². The van der Waals surface area contributed by atoms with Crippen molar-refractivity contribution in [1.29, 1.82) is 0 Å². The van der Waals surface area contributed by atoms with Gasteiger partial charge in [0, 0.05) is 13.1 Å². The average molecular weight is 293 g/mol. The third-order valence-electron chi connectivity index (χ3n) is 3.06. The van der Waals surface area contributed by atoms with Crippen LogP contribution in [0.3, 0.4) is 0 Å². The van der Waals surface area contributed by atoms with Crippen molar-refractivity contribution in [2.75, 3.05) is 13.1 Å². The molecule has 0 aliphatic carbocycles. The maximum absolute atomic E-state index is 12.2. The second kappa shape index (κ2) is 8.04. The summed E-state index contributed by atoms with van der Waals surface area (Å²) in [7, 11) is 0. The van der Waals surface area contributed by atoms with Gasteiger partial charge in [-0.25, -0.2) is 0 Å². The van der Waals surface area contributed by atoms with Crippen LogP contribution in [0.2, 0.25) is 0 Å². The summed E-state index contributed by atoms with van der Waals surface area (Å²) in [5, 5.41) is 17.6. The molecule has 6 heteroatoms. The van der Waals surface area contributed by atoms with Gasteiger partial charge >= 0.3 is 11.9 Å². The Morgan fingerprint density at radius 2 is 1.76 bits per heavy atom. The van der Waals surface area contributed by atoms with Gasteiger partial charge in [-0.15, -0.1) is 0 Å². The van der Waals surface area contributed by atoms with Gasteiger partial charge in [0.05, 0.1) is 18.8 Å². The van der Waals surface area contributed by atoms with Crippen molar-refractivity contribution in [3.05, 3.63) is 35.9 Å². The van der Waals surface area contributed by atoms with Crippen molar-refractivity contribution in [2.24, 2.45) is 5.92 Å². The molecule has 114 valence electrons. The topological polar surface area (TPSA) is 94.9 Å². The van der Waals surface area contributed by atoms with Crippen molar-refractivity contribution >= 4 is 17.8 Å². The second-order valence-electron chi connectivity index (χ2n) is 4.89. The SMILES string of the molecule is CC(CN(CCC(=O)O)C(=O)Cc1ccccc1)C(=O)O. The van der Waals surface area contributed by atoms with Crippen molar-refractivity contribution in [3.8, 4) is 0 Å². The first kappa shape index (κ1) is 16.7. The van der Waals surface area contributed by atoms with E-state index in [0.717, 1.165) is 5.56 Å². The van der Waals surface area contributed by atoms with E-state index >= 15 is 0 Å². The molecule has 0 heterocycles. The number of carbonyl (C=O) groups is 3. The average Bonchev–Trinajstić information content (AvgIpc) is 2.43. The molecular weight excluding hydrogens is 274 g/mol. The Morgan fingerprint density at radius 3 is 2.29 bits per heavy atom. The normalized spacial score (nSPS) is 11.7. The molecule has 1 atom stereocenters. The number of carboxylic acid groups (broad SMARTS) is 2. The molecule has 1 unspecified atom stereocenters. The number of carbonyl (C=O) groups excluding carboxylic acids is 1. The van der Waals surface area contributed by atoms with Gasteiger partial charge in [0.25, 0.3) is 0 Å². The highest BCUT2D eigenvalue weighted by atomic mass is 16.4. The summed E-state index contributed by atoms with van der Waals surface area (Å²) < 4.78 is 0. The third kappa shape index (κ3) is 6.07. The molecule has 1 aromatic carbocycles. The highest BCUT2D eigenvalue weighted by Gasteiger charge is 2.21. The van der Waals surface area contributed by atoms with E-state index in [9.17, 15) is 14.4 Å². The summed E-state index contributed by atoms with van der Waals surface area (Å²) in [4.78, 5) is 35.1. The minimum absolute atomic E-state index is 0.00821. The molecule has 0 spiro atoms. The van der Waals surface area contributed by atoms with E-state index in [-0.39, 0.29) is 31.8 Å². The summed E-state index contributed by atoms with van der Waals surface area (Å²) in [6, 6.07) is 9.05. The zero-order chi connectivity index (χ0) is 15.8. The summed E-state index contributed by atoms with van der Waals surface area (Å²) in [6.07, 6.45) is -0.0698. The van der Waals surface area contributed by atoms with Gasteiger partial charge in [-0.3, -0.25) is 14.4 Å². The van der Waals surface area contributed by atoms with E-state index in [1.54, 1.807) is 12.1 Å². The Labute approximate surface area is 123 Å². The minimum atomic E-state index is -1.02. The molecule has 21 heavy (non-hydrogen) atoms. The molecular formula is C15H19NO5. The third-order valence-corrected chi connectivity index (χ3v) is 3.06. The standard InChI is InChI=1S/C15H19NO5/c1-11(15(20)21)10-16(8-7-14(18)19)13(17)9-12-5-3-2-4-6-12/h2-6,11H,7-10H2,1H3,(H,18,19)(H,20,21). The molecule has 2 N–H and O–H groups in total. The largest absolute Gasteiger partial charge is 0.481 e. The zero-order valence-electron chi connectivity index (χ0n) is 11.9. The number of carboxylic acids is 2. The molecule has 1 aromatic rings. The molecule has 6 nitrogen and oxygen atoms in total.